The zero-order valence-corrected chi connectivity index (χ0v) is 13.0. The Kier molecular flexibility index (Phi) is 4.07. The average molecular weight is 264 g/mol. The summed E-state index contributed by atoms with van der Waals surface area (Å²) < 4.78 is 1.95. The summed E-state index contributed by atoms with van der Waals surface area (Å²) in [7, 11) is 4.17. The standard InChI is InChI=1S/C15H28N4/c1-10(2)14-13(16)15(19(5)17-14)18(4)12-8-6-7-11(3)9-12/h10-12H,6-9,16H2,1-5H3. The van der Waals surface area contributed by atoms with Gasteiger partial charge in [-0.15, -0.1) is 0 Å². The Balaban J connectivity index is 2.25. The van der Waals surface area contributed by atoms with Gasteiger partial charge in [0, 0.05) is 20.1 Å². The number of anilines is 2. The van der Waals surface area contributed by atoms with Gasteiger partial charge in [-0.1, -0.05) is 33.6 Å². The molecule has 0 saturated heterocycles. The topological polar surface area (TPSA) is 47.1 Å². The lowest BCUT2D eigenvalue weighted by atomic mass is 9.86. The number of hydrogen-bond donors (Lipinski definition) is 1. The summed E-state index contributed by atoms with van der Waals surface area (Å²) in [6.07, 6.45) is 5.22. The van der Waals surface area contributed by atoms with Crippen molar-refractivity contribution >= 4 is 11.5 Å². The van der Waals surface area contributed by atoms with E-state index in [0.717, 1.165) is 23.1 Å². The smallest absolute Gasteiger partial charge is 0.150 e. The molecule has 1 aromatic rings. The van der Waals surface area contributed by atoms with E-state index in [9.17, 15) is 0 Å². The summed E-state index contributed by atoms with van der Waals surface area (Å²) in [5, 5.41) is 4.59. The molecular weight excluding hydrogens is 236 g/mol. The molecule has 1 aromatic heterocycles. The molecule has 1 fully saturated rings. The van der Waals surface area contributed by atoms with E-state index in [4.69, 9.17) is 5.73 Å². The van der Waals surface area contributed by atoms with Crippen molar-refractivity contribution in [1.29, 1.82) is 0 Å². The summed E-state index contributed by atoms with van der Waals surface area (Å²) in [4.78, 5) is 2.35. The highest BCUT2D eigenvalue weighted by Gasteiger charge is 2.27. The minimum atomic E-state index is 0.374. The lowest BCUT2D eigenvalue weighted by molar-refractivity contribution is 0.334. The van der Waals surface area contributed by atoms with E-state index < -0.39 is 0 Å². The Morgan fingerprint density at radius 2 is 2.05 bits per heavy atom. The number of rotatable bonds is 3. The third-order valence-corrected chi connectivity index (χ3v) is 4.42. The Hall–Kier alpha value is -1.19. The van der Waals surface area contributed by atoms with Gasteiger partial charge in [-0.25, -0.2) is 0 Å². The zero-order valence-electron chi connectivity index (χ0n) is 13.0. The molecule has 2 unspecified atom stereocenters. The van der Waals surface area contributed by atoms with Crippen LogP contribution < -0.4 is 10.6 Å². The van der Waals surface area contributed by atoms with Crippen molar-refractivity contribution in [2.75, 3.05) is 17.7 Å². The number of hydrogen-bond acceptors (Lipinski definition) is 3. The molecule has 1 heterocycles. The summed E-state index contributed by atoms with van der Waals surface area (Å²) in [5.41, 5.74) is 8.20. The van der Waals surface area contributed by atoms with Crippen LogP contribution in [0.3, 0.4) is 0 Å². The molecule has 1 aliphatic rings. The first-order valence-electron chi connectivity index (χ1n) is 7.47. The molecule has 2 N–H and O–H groups in total. The summed E-state index contributed by atoms with van der Waals surface area (Å²) in [5.74, 6) is 2.28. The molecule has 0 radical (unpaired) electrons. The predicted molar refractivity (Wildman–Crippen MR) is 81.5 cm³/mol. The normalized spacial score (nSPS) is 23.9. The van der Waals surface area contributed by atoms with Crippen molar-refractivity contribution in [3.8, 4) is 0 Å². The van der Waals surface area contributed by atoms with E-state index in [-0.39, 0.29) is 0 Å². The van der Waals surface area contributed by atoms with Crippen LogP contribution in [-0.2, 0) is 7.05 Å². The van der Waals surface area contributed by atoms with Gasteiger partial charge in [-0.2, -0.15) is 5.10 Å². The van der Waals surface area contributed by atoms with Gasteiger partial charge in [0.2, 0.25) is 0 Å². The maximum atomic E-state index is 6.32. The first-order chi connectivity index (χ1) is 8.91. The van der Waals surface area contributed by atoms with Crippen molar-refractivity contribution in [3.05, 3.63) is 5.69 Å². The number of nitrogens with two attached hydrogens (primary N) is 1. The Labute approximate surface area is 117 Å². The second kappa shape index (κ2) is 5.43. The van der Waals surface area contributed by atoms with Crippen LogP contribution in [0.5, 0.6) is 0 Å². The monoisotopic (exact) mass is 264 g/mol. The fraction of sp³-hybridized carbons (Fsp3) is 0.800. The summed E-state index contributed by atoms with van der Waals surface area (Å²) in [6, 6.07) is 0.599. The SMILES string of the molecule is CC1CCCC(N(C)c2c(N)c(C(C)C)nn2C)C1. The Morgan fingerprint density at radius 1 is 1.37 bits per heavy atom. The molecule has 4 heteroatoms. The maximum Gasteiger partial charge on any atom is 0.150 e. The van der Waals surface area contributed by atoms with E-state index >= 15 is 0 Å². The van der Waals surface area contributed by atoms with Crippen LogP contribution in [0.1, 0.15) is 58.1 Å². The van der Waals surface area contributed by atoms with Gasteiger partial charge in [0.25, 0.3) is 0 Å². The minimum absolute atomic E-state index is 0.374. The van der Waals surface area contributed by atoms with Crippen molar-refractivity contribution in [2.24, 2.45) is 13.0 Å². The average Bonchev–Trinajstić information content (AvgIpc) is 2.64. The zero-order chi connectivity index (χ0) is 14.2. The van der Waals surface area contributed by atoms with Crippen molar-refractivity contribution in [3.63, 3.8) is 0 Å². The van der Waals surface area contributed by atoms with Crippen LogP contribution in [0.25, 0.3) is 0 Å². The second-order valence-corrected chi connectivity index (χ2v) is 6.44. The van der Waals surface area contributed by atoms with Crippen LogP contribution in [0, 0.1) is 5.92 Å². The van der Waals surface area contributed by atoms with E-state index in [1.807, 2.05) is 11.7 Å². The quantitative estimate of drug-likeness (QED) is 0.912. The molecule has 0 amide bonds. The van der Waals surface area contributed by atoms with E-state index in [2.05, 4.69) is 37.8 Å². The molecule has 2 rings (SSSR count). The van der Waals surface area contributed by atoms with Gasteiger partial charge in [-0.05, 0) is 24.7 Å². The molecule has 4 nitrogen and oxygen atoms in total. The fourth-order valence-corrected chi connectivity index (χ4v) is 3.32. The number of nitrogen functional groups attached to an aromatic ring is 1. The lowest BCUT2D eigenvalue weighted by Gasteiger charge is -2.35. The van der Waals surface area contributed by atoms with E-state index in [1.54, 1.807) is 0 Å². The van der Waals surface area contributed by atoms with Crippen LogP contribution >= 0.6 is 0 Å². The molecule has 0 bridgehead atoms. The number of aryl methyl sites for hydroxylation is 1. The summed E-state index contributed by atoms with van der Waals surface area (Å²) in [6.45, 7) is 6.64. The minimum Gasteiger partial charge on any atom is -0.394 e. The maximum absolute atomic E-state index is 6.32. The largest absolute Gasteiger partial charge is 0.394 e. The molecule has 19 heavy (non-hydrogen) atoms. The molecule has 0 aromatic carbocycles. The Bertz CT molecular complexity index is 436. The van der Waals surface area contributed by atoms with Crippen molar-refractivity contribution in [1.82, 2.24) is 9.78 Å². The number of nitrogens with zero attached hydrogens (tertiary/aromatic N) is 3. The second-order valence-electron chi connectivity index (χ2n) is 6.44. The third kappa shape index (κ3) is 2.72. The van der Waals surface area contributed by atoms with Crippen molar-refractivity contribution in [2.45, 2.75) is 58.4 Å². The van der Waals surface area contributed by atoms with Crippen LogP contribution in [-0.4, -0.2) is 22.9 Å². The highest BCUT2D eigenvalue weighted by Crippen LogP contribution is 2.35. The molecular formula is C15H28N4. The van der Waals surface area contributed by atoms with Gasteiger partial charge in [-0.3, -0.25) is 4.68 Å². The molecule has 2 atom stereocenters. The molecule has 1 aliphatic carbocycles. The molecule has 1 saturated carbocycles. The van der Waals surface area contributed by atoms with Gasteiger partial charge < -0.3 is 10.6 Å². The first-order valence-corrected chi connectivity index (χ1v) is 7.47. The van der Waals surface area contributed by atoms with Crippen LogP contribution in [0.2, 0.25) is 0 Å². The number of aromatic nitrogens is 2. The van der Waals surface area contributed by atoms with Gasteiger partial charge in [0.05, 0.1) is 11.4 Å². The Morgan fingerprint density at radius 3 is 2.58 bits per heavy atom. The fourth-order valence-electron chi connectivity index (χ4n) is 3.32. The van der Waals surface area contributed by atoms with E-state index in [1.165, 1.54) is 25.7 Å². The molecule has 0 aliphatic heterocycles. The van der Waals surface area contributed by atoms with Crippen LogP contribution in [0.15, 0.2) is 0 Å². The predicted octanol–water partition coefficient (Wildman–Crippen LogP) is 3.14. The van der Waals surface area contributed by atoms with Gasteiger partial charge >= 0.3 is 0 Å². The third-order valence-electron chi connectivity index (χ3n) is 4.42. The van der Waals surface area contributed by atoms with Crippen molar-refractivity contribution < 1.29 is 0 Å². The van der Waals surface area contributed by atoms with Gasteiger partial charge in [0.15, 0.2) is 0 Å². The van der Waals surface area contributed by atoms with Gasteiger partial charge in [0.1, 0.15) is 5.82 Å². The highest BCUT2D eigenvalue weighted by molar-refractivity contribution is 5.67. The lowest BCUT2D eigenvalue weighted by Crippen LogP contribution is -2.37. The summed E-state index contributed by atoms with van der Waals surface area (Å²) >= 11 is 0. The molecule has 108 valence electrons. The molecule has 0 spiro atoms. The highest BCUT2D eigenvalue weighted by atomic mass is 15.4. The van der Waals surface area contributed by atoms with E-state index in [0.29, 0.717) is 12.0 Å². The first kappa shape index (κ1) is 14.2. The van der Waals surface area contributed by atoms with Crippen LogP contribution in [0.4, 0.5) is 11.5 Å².